The number of likely N-dealkylation sites (tertiary alicyclic amines) is 1. The van der Waals surface area contributed by atoms with Crippen molar-refractivity contribution >= 4 is 15.9 Å². The van der Waals surface area contributed by atoms with Gasteiger partial charge < -0.3 is 10.0 Å². The van der Waals surface area contributed by atoms with E-state index < -0.39 is 21.7 Å². The number of β-amino-alcohol motifs (C(OH)–C–C–N with tert-alkyl or cyclic N) is 1. The van der Waals surface area contributed by atoms with Crippen molar-refractivity contribution in [3.63, 3.8) is 0 Å². The number of aliphatic hydroxyl groups excluding tert-OH is 1. The quantitative estimate of drug-likeness (QED) is 0.831. The van der Waals surface area contributed by atoms with Gasteiger partial charge in [-0.1, -0.05) is 6.07 Å². The van der Waals surface area contributed by atoms with Gasteiger partial charge in [0.2, 0.25) is 10.0 Å². The molecule has 2 fully saturated rings. The van der Waals surface area contributed by atoms with E-state index in [2.05, 4.69) is 4.98 Å². The SMILES string of the molecule is Cc1cccnc1C(=O)N1CC[C@@]2(CCCN2S(C)(=O)=O)[C@@H](O)C1. The van der Waals surface area contributed by atoms with Crippen molar-refractivity contribution < 1.29 is 18.3 Å². The first-order chi connectivity index (χ1) is 11.3. The lowest BCUT2D eigenvalue weighted by Gasteiger charge is -2.47. The molecule has 24 heavy (non-hydrogen) atoms. The Balaban J connectivity index is 1.81. The molecule has 3 heterocycles. The van der Waals surface area contributed by atoms with Gasteiger partial charge in [0.1, 0.15) is 5.69 Å². The zero-order valence-electron chi connectivity index (χ0n) is 14.0. The van der Waals surface area contributed by atoms with Crippen molar-refractivity contribution in [2.75, 3.05) is 25.9 Å². The molecule has 0 aromatic carbocycles. The van der Waals surface area contributed by atoms with E-state index in [-0.39, 0.29) is 12.5 Å². The van der Waals surface area contributed by atoms with Crippen molar-refractivity contribution in [3.8, 4) is 0 Å². The van der Waals surface area contributed by atoms with Crippen LogP contribution in [0.3, 0.4) is 0 Å². The molecule has 0 bridgehead atoms. The Morgan fingerprint density at radius 1 is 1.38 bits per heavy atom. The molecule has 1 amide bonds. The molecular weight excluding hydrogens is 330 g/mol. The number of hydrogen-bond donors (Lipinski definition) is 1. The number of nitrogens with zero attached hydrogens (tertiary/aromatic N) is 3. The lowest BCUT2D eigenvalue weighted by molar-refractivity contribution is -0.0294. The van der Waals surface area contributed by atoms with Crippen LogP contribution in [0.4, 0.5) is 0 Å². The van der Waals surface area contributed by atoms with E-state index in [1.165, 1.54) is 10.6 Å². The molecule has 1 spiro atoms. The fraction of sp³-hybridized carbons (Fsp3) is 0.625. The maximum atomic E-state index is 12.7. The first-order valence-corrected chi connectivity index (χ1v) is 9.97. The summed E-state index contributed by atoms with van der Waals surface area (Å²) in [5, 5.41) is 10.7. The third kappa shape index (κ3) is 2.82. The van der Waals surface area contributed by atoms with E-state index in [1.807, 2.05) is 13.0 Å². The van der Waals surface area contributed by atoms with Crippen LogP contribution < -0.4 is 0 Å². The average Bonchev–Trinajstić information content (AvgIpc) is 2.95. The molecule has 1 aromatic heterocycles. The van der Waals surface area contributed by atoms with Crippen LogP contribution in [-0.4, -0.2) is 71.2 Å². The third-order valence-corrected chi connectivity index (χ3v) is 6.54. The molecule has 132 valence electrons. The van der Waals surface area contributed by atoms with Gasteiger partial charge in [0, 0.05) is 25.8 Å². The molecule has 0 radical (unpaired) electrons. The topological polar surface area (TPSA) is 90.8 Å². The predicted octanol–water partition coefficient (Wildman–Crippen LogP) is 0.391. The fourth-order valence-corrected chi connectivity index (χ4v) is 5.39. The van der Waals surface area contributed by atoms with Crippen LogP contribution in [0.5, 0.6) is 0 Å². The molecule has 2 atom stereocenters. The number of sulfonamides is 1. The number of aryl methyl sites for hydroxylation is 1. The Hall–Kier alpha value is -1.51. The minimum atomic E-state index is -3.38. The summed E-state index contributed by atoms with van der Waals surface area (Å²) in [5.74, 6) is -0.217. The van der Waals surface area contributed by atoms with Crippen molar-refractivity contribution in [1.82, 2.24) is 14.2 Å². The number of pyridine rings is 1. The van der Waals surface area contributed by atoms with Crippen LogP contribution in [-0.2, 0) is 10.0 Å². The van der Waals surface area contributed by atoms with E-state index in [1.54, 1.807) is 17.2 Å². The Bertz CT molecular complexity index is 751. The van der Waals surface area contributed by atoms with Crippen LogP contribution in [0.25, 0.3) is 0 Å². The molecule has 0 aliphatic carbocycles. The number of rotatable bonds is 2. The van der Waals surface area contributed by atoms with E-state index in [0.29, 0.717) is 31.6 Å². The molecule has 2 aliphatic heterocycles. The van der Waals surface area contributed by atoms with Crippen LogP contribution in [0.2, 0.25) is 0 Å². The Kier molecular flexibility index (Phi) is 4.39. The third-order valence-electron chi connectivity index (χ3n) is 5.20. The Morgan fingerprint density at radius 2 is 2.12 bits per heavy atom. The average molecular weight is 353 g/mol. The molecule has 2 aliphatic rings. The van der Waals surface area contributed by atoms with Gasteiger partial charge >= 0.3 is 0 Å². The van der Waals surface area contributed by atoms with Gasteiger partial charge in [0.15, 0.2) is 0 Å². The predicted molar refractivity (Wildman–Crippen MR) is 89.0 cm³/mol. The number of hydrogen-bond acceptors (Lipinski definition) is 5. The molecule has 2 saturated heterocycles. The monoisotopic (exact) mass is 353 g/mol. The number of piperidine rings is 1. The number of aliphatic hydroxyl groups is 1. The molecule has 3 rings (SSSR count). The fourth-order valence-electron chi connectivity index (χ4n) is 3.96. The summed E-state index contributed by atoms with van der Waals surface area (Å²) < 4.78 is 25.5. The lowest BCUT2D eigenvalue weighted by Crippen LogP contribution is -2.63. The Morgan fingerprint density at radius 3 is 2.75 bits per heavy atom. The molecule has 0 unspecified atom stereocenters. The summed E-state index contributed by atoms with van der Waals surface area (Å²) >= 11 is 0. The van der Waals surface area contributed by atoms with Crippen LogP contribution in [0.15, 0.2) is 18.3 Å². The smallest absolute Gasteiger partial charge is 0.272 e. The zero-order valence-corrected chi connectivity index (χ0v) is 14.8. The summed E-state index contributed by atoms with van der Waals surface area (Å²) in [7, 11) is -3.38. The van der Waals surface area contributed by atoms with Crippen LogP contribution in [0.1, 0.15) is 35.3 Å². The van der Waals surface area contributed by atoms with Crippen LogP contribution >= 0.6 is 0 Å². The summed E-state index contributed by atoms with van der Waals surface area (Å²) in [5.41, 5.74) is 0.395. The second kappa shape index (κ2) is 6.09. The largest absolute Gasteiger partial charge is 0.389 e. The zero-order chi connectivity index (χ0) is 17.5. The second-order valence-electron chi connectivity index (χ2n) is 6.73. The van der Waals surface area contributed by atoms with Gasteiger partial charge in [0.25, 0.3) is 5.91 Å². The van der Waals surface area contributed by atoms with Gasteiger partial charge in [-0.3, -0.25) is 9.78 Å². The molecule has 0 saturated carbocycles. The Labute approximate surface area is 142 Å². The molecule has 1 N–H and O–H groups in total. The van der Waals surface area contributed by atoms with Gasteiger partial charge in [-0.2, -0.15) is 4.31 Å². The minimum Gasteiger partial charge on any atom is -0.389 e. The maximum absolute atomic E-state index is 12.7. The number of carbonyl (C=O) groups excluding carboxylic acids is 1. The molecule has 1 aromatic rings. The second-order valence-corrected chi connectivity index (χ2v) is 8.63. The first kappa shape index (κ1) is 17.3. The normalized spacial score (nSPS) is 28.5. The van der Waals surface area contributed by atoms with Crippen molar-refractivity contribution in [1.29, 1.82) is 0 Å². The van der Waals surface area contributed by atoms with Gasteiger partial charge in [0.05, 0.1) is 17.9 Å². The summed E-state index contributed by atoms with van der Waals surface area (Å²) in [6.07, 6.45) is 3.67. The standard InChI is InChI=1S/C16H23N3O4S/c1-12-5-3-8-17-14(12)15(21)18-10-7-16(13(20)11-18)6-4-9-19(16)24(2,22)23/h3,5,8,13,20H,4,6-7,9-11H2,1-2H3/t13-,16-/m0/s1. The lowest BCUT2D eigenvalue weighted by atomic mass is 9.83. The highest BCUT2D eigenvalue weighted by Gasteiger charge is 2.53. The van der Waals surface area contributed by atoms with Gasteiger partial charge in [-0.15, -0.1) is 0 Å². The highest BCUT2D eigenvalue weighted by atomic mass is 32.2. The van der Waals surface area contributed by atoms with E-state index >= 15 is 0 Å². The number of amides is 1. The van der Waals surface area contributed by atoms with Crippen molar-refractivity contribution in [2.24, 2.45) is 0 Å². The van der Waals surface area contributed by atoms with Crippen LogP contribution in [0, 0.1) is 6.92 Å². The number of carbonyl (C=O) groups is 1. The number of aromatic nitrogens is 1. The summed E-state index contributed by atoms with van der Waals surface area (Å²) in [6.45, 7) is 2.80. The minimum absolute atomic E-state index is 0.126. The van der Waals surface area contributed by atoms with Gasteiger partial charge in [-0.05, 0) is 37.8 Å². The maximum Gasteiger partial charge on any atom is 0.272 e. The van der Waals surface area contributed by atoms with E-state index in [4.69, 9.17) is 0 Å². The molecule has 7 nitrogen and oxygen atoms in total. The van der Waals surface area contributed by atoms with Crippen molar-refractivity contribution in [2.45, 2.75) is 37.8 Å². The van der Waals surface area contributed by atoms with E-state index in [9.17, 15) is 18.3 Å². The molecule has 8 heteroatoms. The van der Waals surface area contributed by atoms with Crippen molar-refractivity contribution in [3.05, 3.63) is 29.6 Å². The summed E-state index contributed by atoms with van der Waals surface area (Å²) in [6, 6.07) is 3.60. The highest BCUT2D eigenvalue weighted by molar-refractivity contribution is 7.88. The highest BCUT2D eigenvalue weighted by Crippen LogP contribution is 2.40. The summed E-state index contributed by atoms with van der Waals surface area (Å²) in [4.78, 5) is 18.4. The molecular formula is C16H23N3O4S. The first-order valence-electron chi connectivity index (χ1n) is 8.12. The van der Waals surface area contributed by atoms with E-state index in [0.717, 1.165) is 12.0 Å². The van der Waals surface area contributed by atoms with Gasteiger partial charge in [-0.25, -0.2) is 8.42 Å².